The van der Waals surface area contributed by atoms with Gasteiger partial charge in [0.2, 0.25) is 0 Å². The summed E-state index contributed by atoms with van der Waals surface area (Å²) in [5.74, 6) is 0.506. The quantitative estimate of drug-likeness (QED) is 0.542. The van der Waals surface area contributed by atoms with E-state index in [1.54, 1.807) is 16.8 Å². The highest BCUT2D eigenvalue weighted by molar-refractivity contribution is 6.30. The molecule has 30 heavy (non-hydrogen) atoms. The Morgan fingerprint density at radius 2 is 1.73 bits per heavy atom. The van der Waals surface area contributed by atoms with E-state index in [9.17, 15) is 4.39 Å². The van der Waals surface area contributed by atoms with Gasteiger partial charge in [-0.15, -0.1) is 11.7 Å². The van der Waals surface area contributed by atoms with Gasteiger partial charge in [-0.3, -0.25) is 9.80 Å². The van der Waals surface area contributed by atoms with Gasteiger partial charge in [-0.2, -0.15) is 0 Å². The van der Waals surface area contributed by atoms with Gasteiger partial charge in [0.15, 0.2) is 5.82 Å². The second-order valence-corrected chi connectivity index (χ2v) is 7.84. The standard InChI is InChI=1S/C22H24ClFN6/c1-2-11-28-12-14-29(15-13-28)21(18-5-7-19(23)8-6-18)22-25-26-27-30(22)16-17-3-9-20(24)10-4-17/h2-10,21H,1,11-16H2. The molecule has 4 rings (SSSR count). The molecule has 1 fully saturated rings. The zero-order valence-corrected chi connectivity index (χ0v) is 17.4. The topological polar surface area (TPSA) is 50.1 Å². The second-order valence-electron chi connectivity index (χ2n) is 7.40. The molecule has 0 N–H and O–H groups in total. The molecule has 3 aromatic rings. The minimum Gasteiger partial charge on any atom is -0.297 e. The minimum atomic E-state index is -0.257. The van der Waals surface area contributed by atoms with E-state index in [1.807, 2.05) is 30.3 Å². The fraction of sp³-hybridized carbons (Fsp3) is 0.318. The Morgan fingerprint density at radius 3 is 2.40 bits per heavy atom. The van der Waals surface area contributed by atoms with E-state index >= 15 is 0 Å². The Kier molecular flexibility index (Phi) is 6.52. The molecule has 0 radical (unpaired) electrons. The molecular weight excluding hydrogens is 403 g/mol. The van der Waals surface area contributed by atoms with Crippen LogP contribution in [0, 0.1) is 5.82 Å². The number of rotatable bonds is 7. The van der Waals surface area contributed by atoms with Crippen LogP contribution < -0.4 is 0 Å². The van der Waals surface area contributed by atoms with Crippen molar-refractivity contribution in [3.63, 3.8) is 0 Å². The Morgan fingerprint density at radius 1 is 1.03 bits per heavy atom. The van der Waals surface area contributed by atoms with E-state index in [1.165, 1.54) is 12.1 Å². The predicted molar refractivity (Wildman–Crippen MR) is 115 cm³/mol. The lowest BCUT2D eigenvalue weighted by Gasteiger charge is -2.38. The average molecular weight is 427 g/mol. The summed E-state index contributed by atoms with van der Waals surface area (Å²) in [4.78, 5) is 4.78. The summed E-state index contributed by atoms with van der Waals surface area (Å²) in [7, 11) is 0. The number of halogens is 2. The number of tetrazole rings is 1. The van der Waals surface area contributed by atoms with Crippen molar-refractivity contribution in [2.75, 3.05) is 32.7 Å². The molecule has 0 saturated carbocycles. The van der Waals surface area contributed by atoms with Crippen molar-refractivity contribution in [1.82, 2.24) is 30.0 Å². The van der Waals surface area contributed by atoms with Crippen LogP contribution in [0.2, 0.25) is 5.02 Å². The maximum atomic E-state index is 13.3. The highest BCUT2D eigenvalue weighted by Gasteiger charge is 2.30. The number of benzene rings is 2. The molecule has 2 aromatic carbocycles. The molecule has 2 heterocycles. The van der Waals surface area contributed by atoms with Crippen molar-refractivity contribution >= 4 is 11.6 Å². The van der Waals surface area contributed by atoms with E-state index in [2.05, 4.69) is 31.9 Å². The van der Waals surface area contributed by atoms with E-state index in [0.29, 0.717) is 11.6 Å². The second kappa shape index (κ2) is 9.47. The third-order valence-corrected chi connectivity index (χ3v) is 5.65. The van der Waals surface area contributed by atoms with E-state index in [4.69, 9.17) is 11.6 Å². The van der Waals surface area contributed by atoms with Gasteiger partial charge in [0.1, 0.15) is 5.82 Å². The van der Waals surface area contributed by atoms with Gasteiger partial charge in [-0.05, 0) is 45.8 Å². The summed E-state index contributed by atoms with van der Waals surface area (Å²) >= 11 is 6.13. The molecular formula is C22H24ClFN6. The van der Waals surface area contributed by atoms with Crippen LogP contribution in [0.3, 0.4) is 0 Å². The van der Waals surface area contributed by atoms with Crippen LogP contribution >= 0.6 is 11.6 Å². The van der Waals surface area contributed by atoms with E-state index < -0.39 is 0 Å². The van der Waals surface area contributed by atoms with Gasteiger partial charge in [0, 0.05) is 37.7 Å². The monoisotopic (exact) mass is 426 g/mol. The van der Waals surface area contributed by atoms with Gasteiger partial charge in [0.05, 0.1) is 12.6 Å². The number of aromatic nitrogens is 4. The van der Waals surface area contributed by atoms with E-state index in [0.717, 1.165) is 49.7 Å². The van der Waals surface area contributed by atoms with Crippen LogP contribution in [0.15, 0.2) is 61.2 Å². The van der Waals surface area contributed by atoms with Crippen LogP contribution in [0.4, 0.5) is 4.39 Å². The first-order valence-corrected chi connectivity index (χ1v) is 10.3. The van der Waals surface area contributed by atoms with Crippen LogP contribution in [0.5, 0.6) is 0 Å². The molecule has 0 spiro atoms. The Balaban J connectivity index is 1.63. The van der Waals surface area contributed by atoms with Gasteiger partial charge in [0.25, 0.3) is 0 Å². The van der Waals surface area contributed by atoms with Crippen LogP contribution in [0.1, 0.15) is 23.0 Å². The molecule has 1 saturated heterocycles. The van der Waals surface area contributed by atoms with Crippen LogP contribution in [-0.4, -0.2) is 62.7 Å². The summed E-state index contributed by atoms with van der Waals surface area (Å²) in [5.41, 5.74) is 2.03. The van der Waals surface area contributed by atoms with Crippen LogP contribution in [-0.2, 0) is 6.54 Å². The molecule has 0 amide bonds. The van der Waals surface area contributed by atoms with Gasteiger partial charge >= 0.3 is 0 Å². The minimum absolute atomic E-state index is 0.0939. The molecule has 1 atom stereocenters. The molecule has 8 heteroatoms. The third-order valence-electron chi connectivity index (χ3n) is 5.39. The van der Waals surface area contributed by atoms with Gasteiger partial charge < -0.3 is 0 Å². The number of hydrogen-bond donors (Lipinski definition) is 0. The summed E-state index contributed by atoms with van der Waals surface area (Å²) in [6.45, 7) is 8.90. The normalized spacial score (nSPS) is 16.5. The lowest BCUT2D eigenvalue weighted by Crippen LogP contribution is -2.48. The zero-order chi connectivity index (χ0) is 20.9. The first-order valence-electron chi connectivity index (χ1n) is 9.97. The van der Waals surface area contributed by atoms with Gasteiger partial charge in [-0.25, -0.2) is 9.07 Å². The van der Waals surface area contributed by atoms with Crippen molar-refractivity contribution in [2.24, 2.45) is 0 Å². The first-order chi connectivity index (χ1) is 14.6. The molecule has 1 aromatic heterocycles. The van der Waals surface area contributed by atoms with Gasteiger partial charge in [-0.1, -0.05) is 41.9 Å². The maximum Gasteiger partial charge on any atom is 0.173 e. The number of piperazine rings is 1. The maximum absolute atomic E-state index is 13.3. The molecule has 0 aliphatic carbocycles. The Bertz CT molecular complexity index is 964. The molecule has 1 aliphatic rings. The fourth-order valence-corrected chi connectivity index (χ4v) is 3.96. The Hall–Kier alpha value is -2.61. The smallest absolute Gasteiger partial charge is 0.173 e. The average Bonchev–Trinajstić information content (AvgIpc) is 3.20. The predicted octanol–water partition coefficient (Wildman–Crippen LogP) is 3.41. The summed E-state index contributed by atoms with van der Waals surface area (Å²) in [5, 5.41) is 13.3. The molecule has 156 valence electrons. The largest absolute Gasteiger partial charge is 0.297 e. The Labute approximate surface area is 180 Å². The molecule has 0 bridgehead atoms. The first kappa shape index (κ1) is 20.7. The molecule has 1 aliphatic heterocycles. The van der Waals surface area contributed by atoms with Crippen molar-refractivity contribution < 1.29 is 4.39 Å². The number of hydrogen-bond acceptors (Lipinski definition) is 5. The van der Waals surface area contributed by atoms with Crippen molar-refractivity contribution in [3.8, 4) is 0 Å². The summed E-state index contributed by atoms with van der Waals surface area (Å²) in [6.07, 6.45) is 1.94. The van der Waals surface area contributed by atoms with Crippen molar-refractivity contribution in [1.29, 1.82) is 0 Å². The summed E-state index contributed by atoms with van der Waals surface area (Å²) < 4.78 is 15.1. The lowest BCUT2D eigenvalue weighted by atomic mass is 10.0. The SMILES string of the molecule is C=CCN1CCN(C(c2ccc(Cl)cc2)c2nnnn2Cc2ccc(F)cc2)CC1. The molecule has 1 unspecified atom stereocenters. The van der Waals surface area contributed by atoms with Crippen LogP contribution in [0.25, 0.3) is 0 Å². The lowest BCUT2D eigenvalue weighted by molar-refractivity contribution is 0.112. The highest BCUT2D eigenvalue weighted by atomic mass is 35.5. The van der Waals surface area contributed by atoms with E-state index in [-0.39, 0.29) is 11.9 Å². The number of nitrogens with zero attached hydrogens (tertiary/aromatic N) is 6. The van der Waals surface area contributed by atoms with Crippen molar-refractivity contribution in [2.45, 2.75) is 12.6 Å². The third kappa shape index (κ3) is 4.75. The summed E-state index contributed by atoms with van der Waals surface area (Å²) in [6, 6.07) is 14.2. The molecule has 6 nitrogen and oxygen atoms in total. The highest BCUT2D eigenvalue weighted by Crippen LogP contribution is 2.29. The van der Waals surface area contributed by atoms with Crippen molar-refractivity contribution in [3.05, 3.63) is 89.0 Å². The zero-order valence-electron chi connectivity index (χ0n) is 16.7. The fourth-order valence-electron chi connectivity index (χ4n) is 3.84.